The Bertz CT molecular complexity index is 831. The molecule has 2 aliphatic rings. The maximum atomic E-state index is 13.1. The van der Waals surface area contributed by atoms with E-state index in [0.29, 0.717) is 12.3 Å². The number of nitrogen functional groups attached to an aromatic ring is 1. The summed E-state index contributed by atoms with van der Waals surface area (Å²) in [4.78, 5) is 15.1. The summed E-state index contributed by atoms with van der Waals surface area (Å²) in [6.07, 6.45) is 5.77. The van der Waals surface area contributed by atoms with Crippen LogP contribution in [-0.2, 0) is 17.6 Å². The zero-order valence-electron chi connectivity index (χ0n) is 15.3. The van der Waals surface area contributed by atoms with Crippen molar-refractivity contribution in [3.63, 3.8) is 0 Å². The van der Waals surface area contributed by atoms with Crippen molar-refractivity contribution in [3.05, 3.63) is 53.1 Å². The predicted octanol–water partition coefficient (Wildman–Crippen LogP) is 4.07. The molecule has 136 valence electrons. The monoisotopic (exact) mass is 350 g/mol. The normalized spacial score (nSPS) is 18.8. The van der Waals surface area contributed by atoms with Crippen molar-refractivity contribution in [3.8, 4) is 5.75 Å². The van der Waals surface area contributed by atoms with E-state index >= 15 is 0 Å². The number of ether oxygens (including phenoxy) is 1. The van der Waals surface area contributed by atoms with Crippen LogP contribution in [-0.4, -0.2) is 19.6 Å². The third-order valence-corrected chi connectivity index (χ3v) is 5.80. The molecule has 0 bridgehead atoms. The van der Waals surface area contributed by atoms with Gasteiger partial charge in [-0.2, -0.15) is 0 Å². The summed E-state index contributed by atoms with van der Waals surface area (Å²) in [5.41, 5.74) is 11.7. The van der Waals surface area contributed by atoms with Gasteiger partial charge in [-0.05, 0) is 79.0 Å². The maximum absolute atomic E-state index is 13.1. The average Bonchev–Trinajstić information content (AvgIpc) is 2.67. The topological polar surface area (TPSA) is 55.6 Å². The van der Waals surface area contributed by atoms with Crippen molar-refractivity contribution < 1.29 is 9.53 Å². The molecule has 0 radical (unpaired) electrons. The van der Waals surface area contributed by atoms with E-state index in [-0.39, 0.29) is 5.91 Å². The molecule has 1 atom stereocenters. The molecule has 0 spiro atoms. The second-order valence-electron chi connectivity index (χ2n) is 7.35. The summed E-state index contributed by atoms with van der Waals surface area (Å²) < 4.78 is 5.36. The van der Waals surface area contributed by atoms with E-state index in [2.05, 4.69) is 12.1 Å². The van der Waals surface area contributed by atoms with Crippen molar-refractivity contribution in [1.29, 1.82) is 0 Å². The Morgan fingerprint density at radius 1 is 1.23 bits per heavy atom. The van der Waals surface area contributed by atoms with Crippen LogP contribution in [0.1, 0.15) is 48.3 Å². The van der Waals surface area contributed by atoms with Crippen LogP contribution in [0.2, 0.25) is 0 Å². The van der Waals surface area contributed by atoms with Crippen molar-refractivity contribution in [2.75, 3.05) is 24.3 Å². The van der Waals surface area contributed by atoms with Gasteiger partial charge < -0.3 is 15.4 Å². The maximum Gasteiger partial charge on any atom is 0.227 e. The van der Waals surface area contributed by atoms with Crippen LogP contribution in [0, 0.1) is 0 Å². The quantitative estimate of drug-likeness (QED) is 0.849. The minimum absolute atomic E-state index is 0.213. The number of amides is 1. The van der Waals surface area contributed by atoms with E-state index < -0.39 is 0 Å². The molecule has 1 unspecified atom stereocenters. The molecule has 4 heteroatoms. The third-order valence-electron chi connectivity index (χ3n) is 5.80. The van der Waals surface area contributed by atoms with Crippen molar-refractivity contribution in [2.24, 2.45) is 0 Å². The molecular weight excluding hydrogens is 324 g/mol. The number of rotatable bonds is 3. The molecule has 4 nitrogen and oxygen atoms in total. The first-order valence-electron chi connectivity index (χ1n) is 9.52. The van der Waals surface area contributed by atoms with Gasteiger partial charge in [0.25, 0.3) is 0 Å². The van der Waals surface area contributed by atoms with E-state index in [1.807, 2.05) is 29.2 Å². The Balaban J connectivity index is 1.57. The minimum atomic E-state index is 0.213. The van der Waals surface area contributed by atoms with E-state index in [1.165, 1.54) is 11.1 Å². The number of methoxy groups -OCH3 is 1. The van der Waals surface area contributed by atoms with Gasteiger partial charge in [-0.3, -0.25) is 4.79 Å². The Kier molecular flexibility index (Phi) is 4.58. The van der Waals surface area contributed by atoms with E-state index in [9.17, 15) is 4.79 Å². The lowest BCUT2D eigenvalue weighted by Gasteiger charge is -2.32. The molecule has 1 amide bonds. The van der Waals surface area contributed by atoms with Crippen molar-refractivity contribution >= 4 is 17.3 Å². The van der Waals surface area contributed by atoms with Gasteiger partial charge in [-0.25, -0.2) is 0 Å². The summed E-state index contributed by atoms with van der Waals surface area (Å²) in [7, 11) is 1.70. The molecule has 0 saturated heterocycles. The predicted molar refractivity (Wildman–Crippen MR) is 105 cm³/mol. The van der Waals surface area contributed by atoms with Gasteiger partial charge in [0.2, 0.25) is 5.91 Å². The number of fused-ring (bicyclic) bond motifs is 2. The fourth-order valence-electron chi connectivity index (χ4n) is 4.46. The van der Waals surface area contributed by atoms with E-state index in [1.54, 1.807) is 7.11 Å². The molecule has 26 heavy (non-hydrogen) atoms. The second kappa shape index (κ2) is 7.02. The number of nitrogens with zero attached hydrogens (tertiary/aromatic N) is 1. The molecule has 2 N–H and O–H groups in total. The largest absolute Gasteiger partial charge is 0.497 e. The molecule has 0 saturated carbocycles. The Morgan fingerprint density at radius 2 is 2.12 bits per heavy atom. The number of aryl methyl sites for hydroxylation is 1. The molecular formula is C22H26N2O2. The molecule has 0 fully saturated rings. The highest BCUT2D eigenvalue weighted by Gasteiger charge is 2.28. The SMILES string of the molecule is COc1ccc2c(c1)CCCC2CC(=O)N1CCCc2c(N)cccc21. The Morgan fingerprint density at radius 3 is 2.96 bits per heavy atom. The van der Waals surface area contributed by atoms with Crippen molar-refractivity contribution in [1.82, 2.24) is 0 Å². The number of hydrogen-bond acceptors (Lipinski definition) is 3. The Labute approximate surface area is 155 Å². The molecule has 2 aromatic carbocycles. The number of nitrogens with two attached hydrogens (primary N) is 1. The second-order valence-corrected chi connectivity index (χ2v) is 7.35. The van der Waals surface area contributed by atoms with Crippen LogP contribution in [0.3, 0.4) is 0 Å². The van der Waals surface area contributed by atoms with Gasteiger partial charge in [-0.1, -0.05) is 12.1 Å². The number of carbonyl (C=O) groups is 1. The Hall–Kier alpha value is -2.49. The lowest BCUT2D eigenvalue weighted by molar-refractivity contribution is -0.119. The first-order valence-corrected chi connectivity index (χ1v) is 9.52. The summed E-state index contributed by atoms with van der Waals surface area (Å²) >= 11 is 0. The molecule has 4 rings (SSSR count). The molecule has 0 aromatic heterocycles. The van der Waals surface area contributed by atoms with Gasteiger partial charge in [0.1, 0.15) is 5.75 Å². The van der Waals surface area contributed by atoms with Crippen LogP contribution >= 0.6 is 0 Å². The molecule has 1 heterocycles. The average molecular weight is 350 g/mol. The first kappa shape index (κ1) is 17.0. The van der Waals surface area contributed by atoms with Gasteiger partial charge in [0.05, 0.1) is 7.11 Å². The van der Waals surface area contributed by atoms with E-state index in [0.717, 1.165) is 61.3 Å². The lowest BCUT2D eigenvalue weighted by Crippen LogP contribution is -2.36. The van der Waals surface area contributed by atoms with Gasteiger partial charge in [-0.15, -0.1) is 0 Å². The van der Waals surface area contributed by atoms with Gasteiger partial charge in [0, 0.05) is 24.3 Å². The number of benzene rings is 2. The minimum Gasteiger partial charge on any atom is -0.497 e. The highest BCUT2D eigenvalue weighted by Crippen LogP contribution is 2.38. The molecule has 1 aliphatic carbocycles. The lowest BCUT2D eigenvalue weighted by atomic mass is 9.80. The van der Waals surface area contributed by atoms with Gasteiger partial charge >= 0.3 is 0 Å². The molecule has 2 aromatic rings. The zero-order valence-corrected chi connectivity index (χ0v) is 15.3. The smallest absolute Gasteiger partial charge is 0.227 e. The summed E-state index contributed by atoms with van der Waals surface area (Å²) in [5.74, 6) is 1.41. The molecule has 1 aliphatic heterocycles. The van der Waals surface area contributed by atoms with Crippen LogP contribution in [0.15, 0.2) is 36.4 Å². The standard InChI is InChI=1S/C22H26N2O2/c1-26-17-10-11-18-15(13-17)5-2-6-16(18)14-22(25)24-12-4-7-19-20(23)8-3-9-21(19)24/h3,8-11,13,16H,2,4-7,12,14,23H2,1H3. The highest BCUT2D eigenvalue weighted by molar-refractivity contribution is 5.96. The number of carbonyl (C=O) groups excluding carboxylic acids is 1. The van der Waals surface area contributed by atoms with Crippen LogP contribution < -0.4 is 15.4 Å². The van der Waals surface area contributed by atoms with Crippen LogP contribution in [0.5, 0.6) is 5.75 Å². The van der Waals surface area contributed by atoms with Crippen LogP contribution in [0.25, 0.3) is 0 Å². The highest BCUT2D eigenvalue weighted by atomic mass is 16.5. The summed E-state index contributed by atoms with van der Waals surface area (Å²) in [5, 5.41) is 0. The van der Waals surface area contributed by atoms with Crippen molar-refractivity contribution in [2.45, 2.75) is 44.4 Å². The summed E-state index contributed by atoms with van der Waals surface area (Å²) in [6, 6.07) is 12.2. The number of anilines is 2. The summed E-state index contributed by atoms with van der Waals surface area (Å²) in [6.45, 7) is 0.789. The fourth-order valence-corrected chi connectivity index (χ4v) is 4.46. The van der Waals surface area contributed by atoms with E-state index in [4.69, 9.17) is 10.5 Å². The zero-order chi connectivity index (χ0) is 18.1. The van der Waals surface area contributed by atoms with Gasteiger partial charge in [0.15, 0.2) is 0 Å². The fraction of sp³-hybridized carbons (Fsp3) is 0.409. The first-order chi connectivity index (χ1) is 12.7. The van der Waals surface area contributed by atoms with Crippen LogP contribution in [0.4, 0.5) is 11.4 Å². The third kappa shape index (κ3) is 3.05. The number of hydrogen-bond donors (Lipinski definition) is 1.